The number of alkyl halides is 1. The Balaban J connectivity index is 1.78. The van der Waals surface area contributed by atoms with Crippen molar-refractivity contribution in [2.75, 3.05) is 25.6 Å². The summed E-state index contributed by atoms with van der Waals surface area (Å²) in [7, 11) is 2.97. The van der Waals surface area contributed by atoms with E-state index in [4.69, 9.17) is 47.1 Å². The number of likely N-dealkylation sites (N-methyl/N-ethyl adjacent to an activating group) is 1. The predicted molar refractivity (Wildman–Crippen MR) is 254 cm³/mol. The predicted octanol–water partition coefficient (Wildman–Crippen LogP) is 6.16. The van der Waals surface area contributed by atoms with E-state index in [2.05, 4.69) is 56.4 Å². The van der Waals surface area contributed by atoms with E-state index in [1.165, 1.54) is 7.11 Å². The molecule has 16 nitrogen and oxygen atoms in total. The van der Waals surface area contributed by atoms with E-state index >= 15 is 0 Å². The van der Waals surface area contributed by atoms with Gasteiger partial charge in [-0.25, -0.2) is 0 Å². The summed E-state index contributed by atoms with van der Waals surface area (Å²) in [6.45, 7) is 19.0. The van der Waals surface area contributed by atoms with Gasteiger partial charge in [-0.15, -0.1) is 0 Å². The molecule has 3 fully saturated rings. The van der Waals surface area contributed by atoms with Crippen molar-refractivity contribution in [1.29, 1.82) is 0 Å². The number of carbonyl (C=O) groups is 3. The number of carbonyl (C=O) groups excluding carboxylic acids is 3. The number of hydrogen-bond donors (Lipinski definition) is 2. The molecule has 4 aliphatic heterocycles. The Morgan fingerprint density at radius 2 is 1.55 bits per heavy atom. The van der Waals surface area contributed by atoms with Gasteiger partial charge in [0.1, 0.15) is 47.8 Å². The molecule has 3 saturated heterocycles. The fraction of sp³-hybridized carbons (Fsp3) is 0.851. The quantitative estimate of drug-likeness (QED) is 0.0446. The van der Waals surface area contributed by atoms with Crippen molar-refractivity contribution in [3.8, 4) is 0 Å². The van der Waals surface area contributed by atoms with Crippen LogP contribution in [0.1, 0.15) is 108 Å². The molecule has 1 spiro atoms. The van der Waals surface area contributed by atoms with Crippen LogP contribution >= 0.6 is 22.6 Å². The zero-order chi connectivity index (χ0) is 48.4. The molecular formula is C47H80INO15Si. The van der Waals surface area contributed by atoms with Gasteiger partial charge >= 0.3 is 17.9 Å². The van der Waals surface area contributed by atoms with E-state index in [1.807, 2.05) is 51.1 Å². The summed E-state index contributed by atoms with van der Waals surface area (Å²) >= 11 is 2.29. The van der Waals surface area contributed by atoms with Crippen LogP contribution in [0.25, 0.3) is 0 Å². The smallest absolute Gasteiger partial charge is 0.309 e. The largest absolute Gasteiger partial charge is 0.462 e. The Bertz CT molecular complexity index is 1590. The first-order valence-electron chi connectivity index (χ1n) is 23.7. The molecule has 18 heteroatoms. The zero-order valence-electron chi connectivity index (χ0n) is 41.1. The van der Waals surface area contributed by atoms with E-state index in [0.717, 1.165) is 18.1 Å². The number of methoxy groups -OCH3 is 1. The van der Waals surface area contributed by atoms with Crippen LogP contribution in [0.2, 0.25) is 18.1 Å². The highest BCUT2D eigenvalue weighted by Crippen LogP contribution is 2.51. The maximum absolute atomic E-state index is 13.7. The van der Waals surface area contributed by atoms with Crippen molar-refractivity contribution in [3.63, 3.8) is 0 Å². The van der Waals surface area contributed by atoms with E-state index in [9.17, 15) is 24.6 Å². The van der Waals surface area contributed by atoms with Gasteiger partial charge in [0.2, 0.25) is 0 Å². The molecule has 4 rings (SSSR count). The standard InChI is InChI=1S/C47H80INO15Si/c1-14-35(50)59-33-24-37(52)56-29(7)22-20-19-21-23-32(64-65(16-3,17-4)18-5)28(6)25-47(34(27-48)63-47)44(42(33)55-13)62-45-40(53)39(49(11)12)41(30(8)58-45)61-38-26-46(10,54)43(31(9)57-38)60-36(51)15-2/h19-21,23,28-34,38-45,53-54H,14-18,22,24-27H2,1-13H3/b20-19+,23-21+/t28-,29-,30?,31?,32+,33-,34-,38?,39?,40?,41?,42+,43?,44-,45?,46?,47+/m1/s1. The number of cyclic esters (lactones) is 1. The summed E-state index contributed by atoms with van der Waals surface area (Å²) in [5.74, 6) is -1.69. The molecule has 65 heavy (non-hydrogen) atoms. The number of hydrogen-bond acceptors (Lipinski definition) is 16. The number of nitrogens with zero attached hydrogens (tertiary/aromatic N) is 1. The maximum atomic E-state index is 13.7. The van der Waals surface area contributed by atoms with E-state index in [1.54, 1.807) is 27.7 Å². The first-order valence-corrected chi connectivity index (χ1v) is 27.8. The van der Waals surface area contributed by atoms with Gasteiger partial charge in [0.05, 0.1) is 36.9 Å². The average molecular weight is 1050 g/mol. The van der Waals surface area contributed by atoms with Crippen LogP contribution in [-0.4, -0.2) is 164 Å². The molecule has 2 N–H and O–H groups in total. The molecule has 0 saturated carbocycles. The lowest BCUT2D eigenvalue weighted by Gasteiger charge is -2.50. The summed E-state index contributed by atoms with van der Waals surface area (Å²) in [5.41, 5.74) is -2.55. The van der Waals surface area contributed by atoms with Crippen LogP contribution in [0.15, 0.2) is 24.3 Å². The maximum Gasteiger partial charge on any atom is 0.309 e. The zero-order valence-corrected chi connectivity index (χ0v) is 44.2. The van der Waals surface area contributed by atoms with Gasteiger partial charge in [-0.1, -0.05) is 88.4 Å². The third-order valence-corrected chi connectivity index (χ3v) is 19.2. The second-order valence-corrected chi connectivity index (χ2v) is 24.4. The van der Waals surface area contributed by atoms with Crippen molar-refractivity contribution >= 4 is 48.8 Å². The Kier molecular flexibility index (Phi) is 21.4. The molecule has 9 unspecified atom stereocenters. The van der Waals surface area contributed by atoms with Gasteiger partial charge in [-0.05, 0) is 72.3 Å². The number of rotatable bonds is 16. The number of aliphatic hydroxyl groups excluding tert-OH is 1. The fourth-order valence-electron chi connectivity index (χ4n) is 9.69. The fourth-order valence-corrected chi connectivity index (χ4v) is 13.5. The molecule has 0 aromatic rings. The SMILES string of the molecule is CCC(=O)OC1C(C)OC(OC2C(C)OC(O[C@@H]3[C@@H](OC)[C@H](OC(=O)CC)CC(=O)O[C@H](C)C/C=C/C=C/[C@H](O[Si](CC)(CC)CC)[C@H](C)C[C@@]34O[C@@H]4CI)C(O)C2N(C)C)CC1(C)O. The normalized spacial score (nSPS) is 40.8. The minimum atomic E-state index is -2.13. The highest BCUT2D eigenvalue weighted by Gasteiger charge is 2.66. The molecule has 0 aromatic heterocycles. The van der Waals surface area contributed by atoms with Gasteiger partial charge in [-0.3, -0.25) is 14.4 Å². The summed E-state index contributed by atoms with van der Waals surface area (Å²) in [6.07, 6.45) is -2.38. The number of allylic oxidation sites excluding steroid dienone is 2. The monoisotopic (exact) mass is 1050 g/mol. The second kappa shape index (κ2) is 24.8. The lowest BCUT2D eigenvalue weighted by Crippen LogP contribution is -2.66. The number of halogens is 1. The van der Waals surface area contributed by atoms with Crippen LogP contribution in [0.4, 0.5) is 0 Å². The van der Waals surface area contributed by atoms with Crippen molar-refractivity contribution in [1.82, 2.24) is 4.90 Å². The van der Waals surface area contributed by atoms with Gasteiger partial charge in [-0.2, -0.15) is 0 Å². The summed E-state index contributed by atoms with van der Waals surface area (Å²) in [6, 6.07) is 2.15. The number of aliphatic hydroxyl groups is 2. The minimum Gasteiger partial charge on any atom is -0.462 e. The van der Waals surface area contributed by atoms with Crippen LogP contribution < -0.4 is 0 Å². The third kappa shape index (κ3) is 14.0. The molecule has 0 bridgehead atoms. The molecular weight excluding hydrogens is 973 g/mol. The highest BCUT2D eigenvalue weighted by atomic mass is 127. The lowest BCUT2D eigenvalue weighted by molar-refractivity contribution is -0.344. The minimum absolute atomic E-state index is 0.0145. The average Bonchev–Trinajstić information content (AvgIpc) is 3.97. The Hall–Kier alpha value is -1.56. The van der Waals surface area contributed by atoms with E-state index in [0.29, 0.717) is 17.3 Å². The number of ether oxygens (including phenoxy) is 9. The first kappa shape index (κ1) is 56.0. The van der Waals surface area contributed by atoms with Gasteiger partial charge in [0.15, 0.2) is 27.0 Å². The van der Waals surface area contributed by atoms with Gasteiger partial charge in [0.25, 0.3) is 0 Å². The summed E-state index contributed by atoms with van der Waals surface area (Å²) < 4.78 is 64.7. The molecule has 17 atom stereocenters. The molecule has 0 aliphatic carbocycles. The van der Waals surface area contributed by atoms with Crippen molar-refractivity contribution in [2.24, 2.45) is 5.92 Å². The number of epoxide rings is 1. The first-order chi connectivity index (χ1) is 30.7. The van der Waals surface area contributed by atoms with Gasteiger partial charge in [0, 0.05) is 37.2 Å². The van der Waals surface area contributed by atoms with Gasteiger partial charge < -0.3 is 62.2 Å². The van der Waals surface area contributed by atoms with Crippen molar-refractivity contribution in [3.05, 3.63) is 24.3 Å². The van der Waals surface area contributed by atoms with E-state index < -0.39 is 111 Å². The molecule has 0 amide bonds. The highest BCUT2D eigenvalue weighted by molar-refractivity contribution is 14.1. The lowest BCUT2D eigenvalue weighted by atomic mass is 9.82. The second-order valence-electron chi connectivity index (χ2n) is 18.8. The molecule has 0 aromatic carbocycles. The van der Waals surface area contributed by atoms with Crippen LogP contribution in [0.3, 0.4) is 0 Å². The van der Waals surface area contributed by atoms with Crippen LogP contribution in [-0.2, 0) is 61.4 Å². The van der Waals surface area contributed by atoms with E-state index in [-0.39, 0.29) is 43.8 Å². The molecule has 0 radical (unpaired) electrons. The molecule has 4 aliphatic rings. The Morgan fingerprint density at radius 1 is 0.908 bits per heavy atom. The van der Waals surface area contributed by atoms with Crippen LogP contribution in [0, 0.1) is 5.92 Å². The topological polar surface area (TPSA) is 191 Å². The summed E-state index contributed by atoms with van der Waals surface area (Å²) in [5, 5.41) is 23.9. The Labute approximate surface area is 402 Å². The number of esters is 3. The Morgan fingerprint density at radius 3 is 2.11 bits per heavy atom. The van der Waals surface area contributed by atoms with Crippen molar-refractivity contribution in [2.45, 2.75) is 223 Å². The summed E-state index contributed by atoms with van der Waals surface area (Å²) in [4.78, 5) is 40.9. The molecule has 4 heterocycles. The molecule has 374 valence electrons. The van der Waals surface area contributed by atoms with Crippen LogP contribution in [0.5, 0.6) is 0 Å². The van der Waals surface area contributed by atoms with Crippen molar-refractivity contribution < 1.29 is 71.7 Å². The third-order valence-electron chi connectivity index (χ3n) is 13.7.